The molecule has 0 aromatic carbocycles. The fourth-order valence-corrected chi connectivity index (χ4v) is 2.72. The number of amides is 1. The van der Waals surface area contributed by atoms with Crippen LogP contribution in [0.15, 0.2) is 0 Å². The molecule has 0 N–H and O–H groups in total. The van der Waals surface area contributed by atoms with E-state index in [0.717, 1.165) is 24.7 Å². The third kappa shape index (κ3) is 4.13. The van der Waals surface area contributed by atoms with Gasteiger partial charge in [0.25, 0.3) is 0 Å². The van der Waals surface area contributed by atoms with Gasteiger partial charge in [0, 0.05) is 24.3 Å². The van der Waals surface area contributed by atoms with Crippen LogP contribution in [0, 0.1) is 5.92 Å². The molecule has 0 radical (unpaired) electrons. The molecule has 88 valence electrons. The van der Waals surface area contributed by atoms with E-state index in [1.165, 1.54) is 19.3 Å². The zero-order valence-electron chi connectivity index (χ0n) is 9.84. The Balaban J connectivity index is 2.41. The van der Waals surface area contributed by atoms with Crippen LogP contribution in [0.1, 0.15) is 46.0 Å². The molecule has 0 bridgehead atoms. The van der Waals surface area contributed by atoms with Gasteiger partial charge in [-0.25, -0.2) is 0 Å². The van der Waals surface area contributed by atoms with Crippen molar-refractivity contribution < 1.29 is 4.79 Å². The predicted octanol–water partition coefficient (Wildman–Crippen LogP) is 3.20. The highest BCUT2D eigenvalue weighted by Crippen LogP contribution is 2.20. The number of nitrogens with zero attached hydrogens (tertiary/aromatic N) is 1. The highest BCUT2D eigenvalue weighted by Gasteiger charge is 2.25. The topological polar surface area (TPSA) is 20.3 Å². The minimum Gasteiger partial charge on any atom is -0.339 e. The third-order valence-electron chi connectivity index (χ3n) is 3.06. The van der Waals surface area contributed by atoms with Crippen molar-refractivity contribution in [2.45, 2.75) is 52.0 Å². The van der Waals surface area contributed by atoms with Crippen molar-refractivity contribution in [3.8, 4) is 0 Å². The van der Waals surface area contributed by atoms with E-state index in [2.05, 4.69) is 34.7 Å². The van der Waals surface area contributed by atoms with Gasteiger partial charge in [-0.1, -0.05) is 29.8 Å². The lowest BCUT2D eigenvalue weighted by molar-refractivity contribution is -0.134. The lowest BCUT2D eigenvalue weighted by atomic mass is 10.0. The molecular formula is C12H22BrNO. The summed E-state index contributed by atoms with van der Waals surface area (Å²) in [6.07, 6.45) is 5.35. The average molecular weight is 276 g/mol. The Morgan fingerprint density at radius 1 is 1.47 bits per heavy atom. The Kier molecular flexibility index (Phi) is 5.65. The van der Waals surface area contributed by atoms with Crippen LogP contribution in [0.4, 0.5) is 0 Å². The summed E-state index contributed by atoms with van der Waals surface area (Å²) in [5, 5.41) is 0.931. The fraction of sp³-hybridized carbons (Fsp3) is 0.917. The van der Waals surface area contributed by atoms with Gasteiger partial charge in [0.2, 0.25) is 5.91 Å². The number of hydrogen-bond donors (Lipinski definition) is 0. The first-order valence-electron chi connectivity index (χ1n) is 6.00. The second-order valence-corrected chi connectivity index (χ2v) is 5.47. The zero-order valence-corrected chi connectivity index (χ0v) is 11.4. The minimum atomic E-state index is 0.354. The summed E-state index contributed by atoms with van der Waals surface area (Å²) in [6, 6.07) is 0.443. The quantitative estimate of drug-likeness (QED) is 0.722. The number of halogens is 1. The fourth-order valence-electron chi connectivity index (χ4n) is 2.05. The largest absolute Gasteiger partial charge is 0.339 e. The number of rotatable bonds is 4. The monoisotopic (exact) mass is 275 g/mol. The molecule has 1 atom stereocenters. The summed E-state index contributed by atoms with van der Waals surface area (Å²) >= 11 is 3.51. The van der Waals surface area contributed by atoms with Gasteiger partial charge in [-0.2, -0.15) is 0 Å². The third-order valence-corrected chi connectivity index (χ3v) is 3.81. The van der Waals surface area contributed by atoms with Gasteiger partial charge >= 0.3 is 0 Å². The van der Waals surface area contributed by atoms with E-state index < -0.39 is 0 Å². The Bertz CT molecular complexity index is 206. The number of carbonyl (C=O) groups excluding carboxylic acids is 1. The molecule has 0 saturated carbocycles. The van der Waals surface area contributed by atoms with E-state index in [-0.39, 0.29) is 0 Å². The maximum Gasteiger partial charge on any atom is 0.222 e. The molecule has 1 heterocycles. The summed E-state index contributed by atoms with van der Waals surface area (Å²) in [5.74, 6) is 0.981. The van der Waals surface area contributed by atoms with E-state index in [9.17, 15) is 4.79 Å². The number of carbonyl (C=O) groups is 1. The highest BCUT2D eigenvalue weighted by molar-refractivity contribution is 9.09. The van der Waals surface area contributed by atoms with Gasteiger partial charge in [-0.3, -0.25) is 4.79 Å². The zero-order chi connectivity index (χ0) is 11.3. The molecule has 1 unspecified atom stereocenters. The highest BCUT2D eigenvalue weighted by atomic mass is 79.9. The van der Waals surface area contributed by atoms with Crippen LogP contribution < -0.4 is 0 Å². The van der Waals surface area contributed by atoms with Crippen LogP contribution in [0.2, 0.25) is 0 Å². The SMILES string of the molecule is CC(C)CCC(=O)N1CCCCC1CBr. The molecule has 1 saturated heterocycles. The second-order valence-electron chi connectivity index (χ2n) is 4.82. The molecule has 0 spiro atoms. The van der Waals surface area contributed by atoms with Crippen molar-refractivity contribution in [3.63, 3.8) is 0 Å². The van der Waals surface area contributed by atoms with Crippen molar-refractivity contribution in [1.29, 1.82) is 0 Å². The van der Waals surface area contributed by atoms with E-state index in [4.69, 9.17) is 0 Å². The van der Waals surface area contributed by atoms with Crippen molar-refractivity contribution in [2.75, 3.05) is 11.9 Å². The van der Waals surface area contributed by atoms with Gasteiger partial charge in [-0.05, 0) is 31.6 Å². The number of hydrogen-bond acceptors (Lipinski definition) is 1. The second kappa shape index (κ2) is 6.51. The summed E-state index contributed by atoms with van der Waals surface area (Å²) in [7, 11) is 0. The molecule has 1 aliphatic heterocycles. The molecule has 15 heavy (non-hydrogen) atoms. The first-order chi connectivity index (χ1) is 7.15. The number of piperidine rings is 1. The van der Waals surface area contributed by atoms with Crippen molar-refractivity contribution in [3.05, 3.63) is 0 Å². The lowest BCUT2D eigenvalue weighted by Crippen LogP contribution is -2.44. The van der Waals surface area contributed by atoms with Gasteiger partial charge in [0.15, 0.2) is 0 Å². The summed E-state index contributed by atoms with van der Waals surface area (Å²) in [6.45, 7) is 5.31. The molecule has 0 aromatic rings. The van der Waals surface area contributed by atoms with Crippen LogP contribution in [0.3, 0.4) is 0 Å². The van der Waals surface area contributed by atoms with Crippen LogP contribution >= 0.6 is 15.9 Å². The van der Waals surface area contributed by atoms with E-state index in [0.29, 0.717) is 17.9 Å². The minimum absolute atomic E-state index is 0.354. The first-order valence-corrected chi connectivity index (χ1v) is 7.12. The molecule has 1 rings (SSSR count). The maximum absolute atomic E-state index is 12.0. The number of likely N-dealkylation sites (tertiary alicyclic amines) is 1. The van der Waals surface area contributed by atoms with E-state index in [1.807, 2.05) is 0 Å². The van der Waals surface area contributed by atoms with Crippen LogP contribution in [-0.4, -0.2) is 28.7 Å². The molecule has 1 fully saturated rings. The smallest absolute Gasteiger partial charge is 0.222 e. The Morgan fingerprint density at radius 2 is 2.20 bits per heavy atom. The molecule has 0 aliphatic carbocycles. The molecular weight excluding hydrogens is 254 g/mol. The molecule has 3 heteroatoms. The number of alkyl halides is 1. The van der Waals surface area contributed by atoms with Gasteiger partial charge in [0.1, 0.15) is 0 Å². The van der Waals surface area contributed by atoms with Crippen molar-refractivity contribution >= 4 is 21.8 Å². The van der Waals surface area contributed by atoms with Crippen molar-refractivity contribution in [1.82, 2.24) is 4.90 Å². The van der Waals surface area contributed by atoms with E-state index in [1.54, 1.807) is 0 Å². The summed E-state index contributed by atoms with van der Waals surface area (Å²) in [4.78, 5) is 14.1. The summed E-state index contributed by atoms with van der Waals surface area (Å²) in [5.41, 5.74) is 0. The maximum atomic E-state index is 12.0. The van der Waals surface area contributed by atoms with Crippen LogP contribution in [0.25, 0.3) is 0 Å². The van der Waals surface area contributed by atoms with Gasteiger partial charge in [0.05, 0.1) is 0 Å². The molecule has 0 aromatic heterocycles. The van der Waals surface area contributed by atoms with Crippen LogP contribution in [-0.2, 0) is 4.79 Å². The Hall–Kier alpha value is -0.0500. The normalized spacial score (nSPS) is 22.1. The molecule has 1 aliphatic rings. The molecule has 2 nitrogen and oxygen atoms in total. The Labute approximate surface area is 102 Å². The van der Waals surface area contributed by atoms with Gasteiger partial charge in [-0.15, -0.1) is 0 Å². The average Bonchev–Trinajstić information content (AvgIpc) is 2.25. The lowest BCUT2D eigenvalue weighted by Gasteiger charge is -2.35. The Morgan fingerprint density at radius 3 is 2.80 bits per heavy atom. The van der Waals surface area contributed by atoms with E-state index >= 15 is 0 Å². The summed E-state index contributed by atoms with van der Waals surface area (Å²) < 4.78 is 0. The first kappa shape index (κ1) is 13.0. The van der Waals surface area contributed by atoms with Crippen LogP contribution in [0.5, 0.6) is 0 Å². The van der Waals surface area contributed by atoms with Crippen molar-refractivity contribution in [2.24, 2.45) is 5.92 Å². The standard InChI is InChI=1S/C12H22BrNO/c1-10(2)6-7-12(15)14-8-4-3-5-11(14)9-13/h10-11H,3-9H2,1-2H3. The molecule has 1 amide bonds. The van der Waals surface area contributed by atoms with Gasteiger partial charge < -0.3 is 4.90 Å². The predicted molar refractivity (Wildman–Crippen MR) is 67.2 cm³/mol.